The molecule has 0 aromatic carbocycles. The molecule has 1 heterocycles. The van der Waals surface area contributed by atoms with Crippen molar-refractivity contribution in [3.63, 3.8) is 0 Å². The second-order valence-corrected chi connectivity index (χ2v) is 5.00. The highest BCUT2D eigenvalue weighted by Gasteiger charge is 2.33. The molecule has 2 aliphatic rings. The first kappa shape index (κ1) is 10.4. The summed E-state index contributed by atoms with van der Waals surface area (Å²) in [6.45, 7) is 6.76. The van der Waals surface area contributed by atoms with Gasteiger partial charge in [-0.15, -0.1) is 0 Å². The third kappa shape index (κ3) is 2.71. The van der Waals surface area contributed by atoms with Gasteiger partial charge in [0.25, 0.3) is 0 Å². The van der Waals surface area contributed by atoms with Crippen molar-refractivity contribution in [1.29, 1.82) is 0 Å². The Balaban J connectivity index is 1.64. The van der Waals surface area contributed by atoms with Crippen LogP contribution in [0.1, 0.15) is 39.5 Å². The van der Waals surface area contributed by atoms with Crippen molar-refractivity contribution in [3.8, 4) is 0 Å². The van der Waals surface area contributed by atoms with Gasteiger partial charge >= 0.3 is 0 Å². The molecule has 1 aliphatic heterocycles. The summed E-state index contributed by atoms with van der Waals surface area (Å²) < 4.78 is 5.66. The van der Waals surface area contributed by atoms with Crippen molar-refractivity contribution >= 4 is 0 Å². The topological polar surface area (TPSA) is 21.3 Å². The fourth-order valence-electron chi connectivity index (χ4n) is 2.35. The van der Waals surface area contributed by atoms with Crippen molar-refractivity contribution in [3.05, 3.63) is 0 Å². The molecule has 1 aliphatic carbocycles. The molecule has 4 atom stereocenters. The van der Waals surface area contributed by atoms with Crippen molar-refractivity contribution in [2.24, 2.45) is 11.8 Å². The van der Waals surface area contributed by atoms with Crippen LogP contribution in [0.25, 0.3) is 0 Å². The molecule has 0 bridgehead atoms. The first-order valence-electron chi connectivity index (χ1n) is 6.14. The van der Waals surface area contributed by atoms with Gasteiger partial charge in [-0.25, -0.2) is 0 Å². The minimum absolute atomic E-state index is 0.512. The fourth-order valence-corrected chi connectivity index (χ4v) is 2.35. The molecule has 0 aromatic rings. The normalized spacial score (nSPS) is 42.4. The summed E-state index contributed by atoms with van der Waals surface area (Å²) in [6.07, 6.45) is 5.54. The van der Waals surface area contributed by atoms with E-state index in [0.717, 1.165) is 30.9 Å². The Morgan fingerprint density at radius 2 is 2.14 bits per heavy atom. The Labute approximate surface area is 87.4 Å². The molecule has 1 saturated heterocycles. The van der Waals surface area contributed by atoms with E-state index in [1.54, 1.807) is 0 Å². The Bertz CT molecular complexity index is 183. The van der Waals surface area contributed by atoms with Gasteiger partial charge in [-0.05, 0) is 44.1 Å². The standard InChI is InChI=1S/C12H23NO/c1-3-12-7-11(4-5-14-12)13-8-10-6-9(10)2/h9-13H,3-8H2,1-2H3. The second kappa shape index (κ2) is 4.63. The third-order valence-corrected chi connectivity index (χ3v) is 3.77. The first-order valence-corrected chi connectivity index (χ1v) is 6.14. The van der Waals surface area contributed by atoms with Gasteiger partial charge in [-0.3, -0.25) is 0 Å². The van der Waals surface area contributed by atoms with Gasteiger partial charge in [0.2, 0.25) is 0 Å². The molecule has 14 heavy (non-hydrogen) atoms. The molecule has 4 unspecified atom stereocenters. The van der Waals surface area contributed by atoms with Crippen LogP contribution in [0, 0.1) is 11.8 Å². The Hall–Kier alpha value is -0.0800. The van der Waals surface area contributed by atoms with E-state index in [4.69, 9.17) is 4.74 Å². The monoisotopic (exact) mass is 197 g/mol. The van der Waals surface area contributed by atoms with E-state index in [9.17, 15) is 0 Å². The van der Waals surface area contributed by atoms with Crippen LogP contribution in [0.3, 0.4) is 0 Å². The first-order chi connectivity index (χ1) is 6.79. The van der Waals surface area contributed by atoms with Crippen LogP contribution in [0.4, 0.5) is 0 Å². The van der Waals surface area contributed by atoms with Gasteiger partial charge in [0.1, 0.15) is 0 Å². The maximum absolute atomic E-state index is 5.66. The molecule has 0 spiro atoms. The molecule has 0 radical (unpaired) electrons. The Kier molecular flexibility index (Phi) is 3.45. The van der Waals surface area contributed by atoms with Gasteiger partial charge in [0.15, 0.2) is 0 Å². The Morgan fingerprint density at radius 1 is 1.36 bits per heavy atom. The van der Waals surface area contributed by atoms with E-state index in [2.05, 4.69) is 19.2 Å². The summed E-state index contributed by atoms with van der Waals surface area (Å²) in [5.74, 6) is 1.95. The summed E-state index contributed by atoms with van der Waals surface area (Å²) in [4.78, 5) is 0. The lowest BCUT2D eigenvalue weighted by Crippen LogP contribution is -2.39. The van der Waals surface area contributed by atoms with E-state index < -0.39 is 0 Å². The van der Waals surface area contributed by atoms with Crippen LogP contribution < -0.4 is 5.32 Å². The SMILES string of the molecule is CCC1CC(NCC2CC2C)CCO1. The van der Waals surface area contributed by atoms with Gasteiger partial charge in [-0.1, -0.05) is 13.8 Å². The van der Waals surface area contributed by atoms with Gasteiger partial charge in [0, 0.05) is 12.6 Å². The van der Waals surface area contributed by atoms with Crippen molar-refractivity contribution in [2.75, 3.05) is 13.2 Å². The second-order valence-electron chi connectivity index (χ2n) is 5.00. The van der Waals surface area contributed by atoms with Gasteiger partial charge < -0.3 is 10.1 Å². The minimum atomic E-state index is 0.512. The number of rotatable bonds is 4. The summed E-state index contributed by atoms with van der Waals surface area (Å²) in [5, 5.41) is 3.70. The van der Waals surface area contributed by atoms with Crippen molar-refractivity contribution in [2.45, 2.75) is 51.7 Å². The lowest BCUT2D eigenvalue weighted by Gasteiger charge is -2.29. The fraction of sp³-hybridized carbons (Fsp3) is 1.00. The number of hydrogen-bond donors (Lipinski definition) is 1. The largest absolute Gasteiger partial charge is 0.378 e. The molecule has 1 saturated carbocycles. The average Bonchev–Trinajstić information content (AvgIpc) is 2.92. The molecule has 0 aromatic heterocycles. The van der Waals surface area contributed by atoms with Crippen molar-refractivity contribution < 1.29 is 4.74 Å². The maximum atomic E-state index is 5.66. The van der Waals surface area contributed by atoms with Crippen LogP contribution >= 0.6 is 0 Å². The average molecular weight is 197 g/mol. The van der Waals surface area contributed by atoms with E-state index in [1.165, 1.54) is 25.8 Å². The summed E-state index contributed by atoms with van der Waals surface area (Å²) in [6, 6.07) is 0.724. The summed E-state index contributed by atoms with van der Waals surface area (Å²) in [5.41, 5.74) is 0. The number of ether oxygens (including phenoxy) is 1. The predicted molar refractivity (Wildman–Crippen MR) is 58.3 cm³/mol. The van der Waals surface area contributed by atoms with Crippen LogP contribution in [0.5, 0.6) is 0 Å². The molecule has 2 heteroatoms. The number of hydrogen-bond acceptors (Lipinski definition) is 2. The number of nitrogens with one attached hydrogen (secondary N) is 1. The minimum Gasteiger partial charge on any atom is -0.378 e. The smallest absolute Gasteiger partial charge is 0.0587 e. The van der Waals surface area contributed by atoms with E-state index >= 15 is 0 Å². The molecule has 2 nitrogen and oxygen atoms in total. The quantitative estimate of drug-likeness (QED) is 0.746. The lowest BCUT2D eigenvalue weighted by atomic mass is 10.0. The summed E-state index contributed by atoms with van der Waals surface area (Å²) >= 11 is 0. The zero-order chi connectivity index (χ0) is 9.97. The highest BCUT2D eigenvalue weighted by Crippen LogP contribution is 2.37. The van der Waals surface area contributed by atoms with Crippen LogP contribution in [0.2, 0.25) is 0 Å². The lowest BCUT2D eigenvalue weighted by molar-refractivity contribution is -0.000178. The summed E-state index contributed by atoms with van der Waals surface area (Å²) in [7, 11) is 0. The highest BCUT2D eigenvalue weighted by atomic mass is 16.5. The molecule has 0 amide bonds. The zero-order valence-corrected chi connectivity index (χ0v) is 9.46. The predicted octanol–water partition coefficient (Wildman–Crippen LogP) is 2.19. The maximum Gasteiger partial charge on any atom is 0.0587 e. The molecular formula is C12H23NO. The van der Waals surface area contributed by atoms with E-state index in [-0.39, 0.29) is 0 Å². The zero-order valence-electron chi connectivity index (χ0n) is 9.46. The van der Waals surface area contributed by atoms with Crippen LogP contribution in [-0.4, -0.2) is 25.3 Å². The van der Waals surface area contributed by atoms with Gasteiger partial charge in [-0.2, -0.15) is 0 Å². The highest BCUT2D eigenvalue weighted by molar-refractivity contribution is 4.86. The Morgan fingerprint density at radius 3 is 2.79 bits per heavy atom. The molecule has 2 fully saturated rings. The van der Waals surface area contributed by atoms with Crippen LogP contribution in [-0.2, 0) is 4.74 Å². The van der Waals surface area contributed by atoms with Crippen molar-refractivity contribution in [1.82, 2.24) is 5.32 Å². The van der Waals surface area contributed by atoms with E-state index in [0.29, 0.717) is 6.10 Å². The van der Waals surface area contributed by atoms with Gasteiger partial charge in [0.05, 0.1) is 6.10 Å². The molecular weight excluding hydrogens is 174 g/mol. The molecule has 2 rings (SSSR count). The molecule has 1 N–H and O–H groups in total. The van der Waals surface area contributed by atoms with Crippen LogP contribution in [0.15, 0.2) is 0 Å². The third-order valence-electron chi connectivity index (χ3n) is 3.77. The molecule has 82 valence electrons. The van der Waals surface area contributed by atoms with E-state index in [1.807, 2.05) is 0 Å².